The fourth-order valence-electron chi connectivity index (χ4n) is 2.69. The van der Waals surface area contributed by atoms with Gasteiger partial charge in [0.2, 0.25) is 5.91 Å². The van der Waals surface area contributed by atoms with Gasteiger partial charge in [-0.25, -0.2) is 0 Å². The van der Waals surface area contributed by atoms with E-state index in [0.717, 1.165) is 25.9 Å². The standard InChI is InChI=1S/C17H20Cl2N4O2S/c1-22-15(10-25-14-6-5-12(18)9-13(14)19)20-21-17(22)26-11-16(24)23-7-3-2-4-8-23/h5-6,9H,2-4,7-8,10-11H2,1H3. The topological polar surface area (TPSA) is 60.2 Å². The third kappa shape index (κ3) is 4.84. The Morgan fingerprint density at radius 3 is 2.73 bits per heavy atom. The molecule has 3 rings (SSSR count). The first-order chi connectivity index (χ1) is 12.5. The van der Waals surface area contributed by atoms with Gasteiger partial charge in [-0.05, 0) is 37.5 Å². The molecule has 140 valence electrons. The fourth-order valence-corrected chi connectivity index (χ4v) is 3.99. The Morgan fingerprint density at radius 1 is 1.23 bits per heavy atom. The molecule has 0 spiro atoms. The number of amides is 1. The molecular weight excluding hydrogens is 395 g/mol. The molecule has 0 unspecified atom stereocenters. The van der Waals surface area contributed by atoms with Gasteiger partial charge in [0.05, 0.1) is 10.8 Å². The molecule has 0 aliphatic carbocycles. The molecule has 0 radical (unpaired) electrons. The van der Waals surface area contributed by atoms with Crippen molar-refractivity contribution in [1.29, 1.82) is 0 Å². The summed E-state index contributed by atoms with van der Waals surface area (Å²) in [6.07, 6.45) is 3.39. The van der Waals surface area contributed by atoms with Crippen LogP contribution in [0.4, 0.5) is 0 Å². The van der Waals surface area contributed by atoms with Crippen LogP contribution in [0.2, 0.25) is 10.0 Å². The molecule has 2 heterocycles. The minimum atomic E-state index is 0.156. The van der Waals surface area contributed by atoms with Crippen LogP contribution in [0.3, 0.4) is 0 Å². The summed E-state index contributed by atoms with van der Waals surface area (Å²) in [5.41, 5.74) is 0. The first-order valence-electron chi connectivity index (χ1n) is 8.41. The Kier molecular flexibility index (Phi) is 6.67. The van der Waals surface area contributed by atoms with E-state index in [0.29, 0.717) is 32.5 Å². The zero-order valence-electron chi connectivity index (χ0n) is 14.5. The number of halogens is 2. The van der Waals surface area contributed by atoms with E-state index in [2.05, 4.69) is 10.2 Å². The molecule has 1 aliphatic rings. The second-order valence-corrected chi connectivity index (χ2v) is 7.84. The predicted molar refractivity (Wildman–Crippen MR) is 103 cm³/mol. The fraction of sp³-hybridized carbons (Fsp3) is 0.471. The quantitative estimate of drug-likeness (QED) is 0.672. The predicted octanol–water partition coefficient (Wildman–Crippen LogP) is 3.81. The Labute approximate surface area is 166 Å². The lowest BCUT2D eigenvalue weighted by Crippen LogP contribution is -2.36. The summed E-state index contributed by atoms with van der Waals surface area (Å²) < 4.78 is 7.53. The summed E-state index contributed by atoms with van der Waals surface area (Å²) in [5, 5.41) is 9.98. The van der Waals surface area contributed by atoms with Gasteiger partial charge >= 0.3 is 0 Å². The molecule has 2 aromatic rings. The Balaban J connectivity index is 1.54. The monoisotopic (exact) mass is 414 g/mol. The third-order valence-corrected chi connectivity index (χ3v) is 5.74. The summed E-state index contributed by atoms with van der Waals surface area (Å²) in [6, 6.07) is 5.06. The summed E-state index contributed by atoms with van der Waals surface area (Å²) in [7, 11) is 1.86. The SMILES string of the molecule is Cn1c(COc2ccc(Cl)cc2Cl)nnc1SCC(=O)N1CCCCC1. The van der Waals surface area contributed by atoms with E-state index >= 15 is 0 Å². The van der Waals surface area contributed by atoms with Crippen molar-refractivity contribution in [1.82, 2.24) is 19.7 Å². The van der Waals surface area contributed by atoms with Gasteiger partial charge in [-0.1, -0.05) is 35.0 Å². The second kappa shape index (κ2) is 8.97. The van der Waals surface area contributed by atoms with Crippen LogP contribution in [0, 0.1) is 0 Å². The van der Waals surface area contributed by atoms with Crippen LogP contribution in [0.5, 0.6) is 5.75 Å². The van der Waals surface area contributed by atoms with Crippen molar-refractivity contribution >= 4 is 40.9 Å². The summed E-state index contributed by atoms with van der Waals surface area (Å²) in [6.45, 7) is 1.95. The van der Waals surface area contributed by atoms with Crippen LogP contribution in [0.25, 0.3) is 0 Å². The van der Waals surface area contributed by atoms with Gasteiger partial charge in [-0.2, -0.15) is 0 Å². The van der Waals surface area contributed by atoms with Gasteiger partial charge in [0.25, 0.3) is 0 Å². The number of carbonyl (C=O) groups is 1. The van der Waals surface area contributed by atoms with Crippen molar-refractivity contribution in [3.63, 3.8) is 0 Å². The van der Waals surface area contributed by atoms with E-state index in [1.165, 1.54) is 18.2 Å². The molecule has 26 heavy (non-hydrogen) atoms. The smallest absolute Gasteiger partial charge is 0.233 e. The van der Waals surface area contributed by atoms with Gasteiger partial charge in [0.15, 0.2) is 11.0 Å². The molecule has 1 aromatic carbocycles. The number of nitrogens with zero attached hydrogens (tertiary/aromatic N) is 4. The molecule has 0 bridgehead atoms. The van der Waals surface area contributed by atoms with Crippen LogP contribution in [0.15, 0.2) is 23.4 Å². The van der Waals surface area contributed by atoms with Gasteiger partial charge in [0, 0.05) is 25.2 Å². The van der Waals surface area contributed by atoms with Crippen molar-refractivity contribution < 1.29 is 9.53 Å². The van der Waals surface area contributed by atoms with Crippen molar-refractivity contribution in [2.24, 2.45) is 7.05 Å². The Morgan fingerprint density at radius 2 is 2.00 bits per heavy atom. The maximum absolute atomic E-state index is 12.3. The summed E-state index contributed by atoms with van der Waals surface area (Å²) >= 11 is 13.4. The van der Waals surface area contributed by atoms with Crippen molar-refractivity contribution in [3.8, 4) is 5.75 Å². The van der Waals surface area contributed by atoms with Gasteiger partial charge < -0.3 is 14.2 Å². The number of likely N-dealkylation sites (tertiary alicyclic amines) is 1. The zero-order valence-corrected chi connectivity index (χ0v) is 16.8. The number of piperidine rings is 1. The first-order valence-corrected chi connectivity index (χ1v) is 10.2. The molecule has 1 fully saturated rings. The van der Waals surface area contributed by atoms with E-state index in [9.17, 15) is 4.79 Å². The van der Waals surface area contributed by atoms with Crippen molar-refractivity contribution in [2.45, 2.75) is 31.0 Å². The molecule has 6 nitrogen and oxygen atoms in total. The first kappa shape index (κ1) is 19.3. The number of ether oxygens (including phenoxy) is 1. The van der Waals surface area contributed by atoms with Gasteiger partial charge in [-0.15, -0.1) is 10.2 Å². The number of benzene rings is 1. The number of hydrogen-bond acceptors (Lipinski definition) is 5. The maximum atomic E-state index is 12.3. The average molecular weight is 415 g/mol. The summed E-state index contributed by atoms with van der Waals surface area (Å²) in [4.78, 5) is 14.2. The molecule has 1 aliphatic heterocycles. The third-order valence-electron chi connectivity index (χ3n) is 4.21. The molecular formula is C17H20Cl2N4O2S. The van der Waals surface area contributed by atoms with Crippen LogP contribution >= 0.6 is 35.0 Å². The van der Waals surface area contributed by atoms with E-state index in [1.807, 2.05) is 16.5 Å². The van der Waals surface area contributed by atoms with Gasteiger partial charge in [-0.3, -0.25) is 4.79 Å². The van der Waals surface area contributed by atoms with E-state index < -0.39 is 0 Å². The van der Waals surface area contributed by atoms with E-state index in [4.69, 9.17) is 27.9 Å². The van der Waals surface area contributed by atoms with Crippen molar-refractivity contribution in [2.75, 3.05) is 18.8 Å². The highest BCUT2D eigenvalue weighted by Crippen LogP contribution is 2.28. The molecule has 0 saturated carbocycles. The van der Waals surface area contributed by atoms with Gasteiger partial charge in [0.1, 0.15) is 12.4 Å². The minimum absolute atomic E-state index is 0.156. The van der Waals surface area contributed by atoms with Crippen LogP contribution in [-0.4, -0.2) is 44.4 Å². The molecule has 1 saturated heterocycles. The van der Waals surface area contributed by atoms with E-state index in [1.54, 1.807) is 18.2 Å². The molecule has 1 aromatic heterocycles. The summed E-state index contributed by atoms with van der Waals surface area (Å²) in [5.74, 6) is 1.72. The van der Waals surface area contributed by atoms with Crippen LogP contribution in [-0.2, 0) is 18.4 Å². The number of aromatic nitrogens is 3. The largest absolute Gasteiger partial charge is 0.484 e. The number of hydrogen-bond donors (Lipinski definition) is 0. The normalized spacial score (nSPS) is 14.5. The van der Waals surface area contributed by atoms with Crippen LogP contribution < -0.4 is 4.74 Å². The minimum Gasteiger partial charge on any atom is -0.484 e. The number of thioether (sulfide) groups is 1. The lowest BCUT2D eigenvalue weighted by atomic mass is 10.1. The second-order valence-electron chi connectivity index (χ2n) is 6.05. The average Bonchev–Trinajstić information content (AvgIpc) is 2.99. The Bertz CT molecular complexity index is 778. The Hall–Kier alpha value is -1.44. The lowest BCUT2D eigenvalue weighted by Gasteiger charge is -2.26. The number of rotatable bonds is 6. The maximum Gasteiger partial charge on any atom is 0.233 e. The lowest BCUT2D eigenvalue weighted by molar-refractivity contribution is -0.129. The van der Waals surface area contributed by atoms with Crippen LogP contribution in [0.1, 0.15) is 25.1 Å². The molecule has 0 N–H and O–H groups in total. The highest BCUT2D eigenvalue weighted by molar-refractivity contribution is 7.99. The zero-order chi connectivity index (χ0) is 18.5. The molecule has 1 amide bonds. The highest BCUT2D eigenvalue weighted by atomic mass is 35.5. The van der Waals surface area contributed by atoms with Crippen molar-refractivity contribution in [3.05, 3.63) is 34.1 Å². The molecule has 0 atom stereocenters. The number of carbonyl (C=O) groups excluding carboxylic acids is 1. The molecule has 9 heteroatoms. The highest BCUT2D eigenvalue weighted by Gasteiger charge is 2.18. The van der Waals surface area contributed by atoms with E-state index in [-0.39, 0.29) is 12.5 Å².